The molecule has 2 heterocycles. The van der Waals surface area contributed by atoms with Crippen molar-refractivity contribution in [3.05, 3.63) is 40.7 Å². The molecule has 1 aromatic carbocycles. The van der Waals surface area contributed by atoms with Gasteiger partial charge in [0.1, 0.15) is 5.88 Å². The van der Waals surface area contributed by atoms with Crippen molar-refractivity contribution < 1.29 is 4.79 Å². The van der Waals surface area contributed by atoms with Crippen molar-refractivity contribution in [2.75, 3.05) is 5.88 Å². The second-order valence-corrected chi connectivity index (χ2v) is 8.26. The van der Waals surface area contributed by atoms with Gasteiger partial charge >= 0.3 is 0 Å². The van der Waals surface area contributed by atoms with E-state index in [4.69, 9.17) is 11.6 Å². The molecule has 138 valence electrons. The highest BCUT2D eigenvalue weighted by atomic mass is 35.5. The van der Waals surface area contributed by atoms with E-state index in [1.807, 2.05) is 9.58 Å². The molecule has 0 saturated heterocycles. The first-order valence-corrected chi connectivity index (χ1v) is 9.74. The molecule has 1 unspecified atom stereocenters. The molecule has 1 aliphatic heterocycles. The Kier molecular flexibility index (Phi) is 4.47. The van der Waals surface area contributed by atoms with Gasteiger partial charge in [-0.15, -0.1) is 16.7 Å². The van der Waals surface area contributed by atoms with E-state index in [1.54, 1.807) is 0 Å². The van der Waals surface area contributed by atoms with Gasteiger partial charge in [-0.2, -0.15) is 0 Å². The summed E-state index contributed by atoms with van der Waals surface area (Å²) in [5.74, 6) is 0.808. The van der Waals surface area contributed by atoms with Gasteiger partial charge in [0.25, 0.3) is 0 Å². The molecular weight excluding hydrogens is 350 g/mol. The maximum atomic E-state index is 12.5. The molecule has 7 heteroatoms. The van der Waals surface area contributed by atoms with Gasteiger partial charge in [-0.1, -0.05) is 32.0 Å². The zero-order chi connectivity index (χ0) is 18.3. The van der Waals surface area contributed by atoms with E-state index in [-0.39, 0.29) is 23.2 Å². The summed E-state index contributed by atoms with van der Waals surface area (Å²) in [5.41, 5.74) is 4.27. The van der Waals surface area contributed by atoms with Crippen LogP contribution >= 0.6 is 11.6 Å². The quantitative estimate of drug-likeness (QED) is 0.772. The van der Waals surface area contributed by atoms with Crippen LogP contribution in [0.1, 0.15) is 49.2 Å². The first-order valence-electron chi connectivity index (χ1n) is 9.21. The van der Waals surface area contributed by atoms with E-state index in [9.17, 15) is 4.79 Å². The molecule has 26 heavy (non-hydrogen) atoms. The summed E-state index contributed by atoms with van der Waals surface area (Å²) in [5, 5.41) is 11.8. The Morgan fingerprint density at radius 3 is 3.08 bits per heavy atom. The van der Waals surface area contributed by atoms with Gasteiger partial charge in [0.05, 0.1) is 0 Å². The smallest absolute Gasteiger partial charge is 0.238 e. The molecule has 2 aliphatic rings. The van der Waals surface area contributed by atoms with Gasteiger partial charge in [-0.05, 0) is 51.8 Å². The minimum absolute atomic E-state index is 0.000583. The predicted octanol–water partition coefficient (Wildman–Crippen LogP) is 2.48. The molecule has 2 aromatic rings. The highest BCUT2D eigenvalue weighted by molar-refractivity contribution is 6.27. The third-order valence-electron chi connectivity index (χ3n) is 5.84. The number of benzene rings is 1. The number of hydrogen-bond donors (Lipinski definition) is 0. The molecule has 0 fully saturated rings. The summed E-state index contributed by atoms with van der Waals surface area (Å²) >= 11 is 5.91. The summed E-state index contributed by atoms with van der Waals surface area (Å²) in [7, 11) is 0. The van der Waals surface area contributed by atoms with Crippen LogP contribution in [-0.2, 0) is 36.1 Å². The van der Waals surface area contributed by atoms with Crippen molar-refractivity contribution in [1.29, 1.82) is 0 Å². The normalized spacial score (nSPS) is 20.5. The number of halogens is 1. The third kappa shape index (κ3) is 3.11. The Morgan fingerprint density at radius 1 is 1.42 bits per heavy atom. The highest BCUT2D eigenvalue weighted by Crippen LogP contribution is 2.38. The number of aromatic nitrogens is 4. The first kappa shape index (κ1) is 17.5. The number of alkyl halides is 1. The Labute approximate surface area is 158 Å². The van der Waals surface area contributed by atoms with Gasteiger partial charge in [0.2, 0.25) is 5.91 Å². The minimum atomic E-state index is -0.0292. The van der Waals surface area contributed by atoms with Crippen LogP contribution in [0.15, 0.2) is 18.2 Å². The largest absolute Gasteiger partial charge is 0.334 e. The Hall–Kier alpha value is -1.95. The Morgan fingerprint density at radius 2 is 2.27 bits per heavy atom. The maximum absolute atomic E-state index is 12.5. The van der Waals surface area contributed by atoms with Crippen LogP contribution in [0.25, 0.3) is 0 Å². The molecule has 1 aromatic heterocycles. The number of hydrogen-bond acceptors (Lipinski definition) is 4. The molecule has 4 rings (SSSR count). The molecule has 0 saturated carbocycles. The van der Waals surface area contributed by atoms with E-state index >= 15 is 0 Å². The van der Waals surface area contributed by atoms with Gasteiger partial charge < -0.3 is 4.90 Å². The molecule has 6 nitrogen and oxygen atoms in total. The van der Waals surface area contributed by atoms with E-state index in [0.29, 0.717) is 13.0 Å². The van der Waals surface area contributed by atoms with Crippen LogP contribution in [-0.4, -0.2) is 42.9 Å². The number of aryl methyl sites for hydroxylation is 2. The molecule has 0 radical (unpaired) electrons. The molecule has 1 atom stereocenters. The second kappa shape index (κ2) is 6.65. The van der Waals surface area contributed by atoms with Crippen LogP contribution in [0.3, 0.4) is 0 Å². The topological polar surface area (TPSA) is 63.9 Å². The monoisotopic (exact) mass is 373 g/mol. The molecule has 0 bridgehead atoms. The van der Waals surface area contributed by atoms with Crippen LogP contribution < -0.4 is 0 Å². The lowest BCUT2D eigenvalue weighted by molar-refractivity contribution is -0.132. The van der Waals surface area contributed by atoms with E-state index in [1.165, 1.54) is 23.1 Å². The molecule has 0 N–H and O–H groups in total. The van der Waals surface area contributed by atoms with Gasteiger partial charge in [0, 0.05) is 25.6 Å². The lowest BCUT2D eigenvalue weighted by Gasteiger charge is -2.33. The Balaban J connectivity index is 1.56. The highest BCUT2D eigenvalue weighted by Gasteiger charge is 2.31. The lowest BCUT2D eigenvalue weighted by atomic mass is 9.86. The van der Waals surface area contributed by atoms with Gasteiger partial charge in [-0.25, -0.2) is 4.68 Å². The minimum Gasteiger partial charge on any atom is -0.334 e. The number of carbonyl (C=O) groups excluding carboxylic acids is 1. The van der Waals surface area contributed by atoms with Crippen molar-refractivity contribution in [3.8, 4) is 0 Å². The van der Waals surface area contributed by atoms with Gasteiger partial charge in [0.15, 0.2) is 5.82 Å². The summed E-state index contributed by atoms with van der Waals surface area (Å²) < 4.78 is 1.82. The lowest BCUT2D eigenvalue weighted by Crippen LogP contribution is -2.44. The summed E-state index contributed by atoms with van der Waals surface area (Å²) in [6.45, 7) is 5.92. The number of amides is 1. The number of rotatable bonds is 4. The average molecular weight is 374 g/mol. The molecule has 1 aliphatic carbocycles. The zero-order valence-corrected chi connectivity index (χ0v) is 16.0. The van der Waals surface area contributed by atoms with Crippen molar-refractivity contribution in [3.63, 3.8) is 0 Å². The zero-order valence-electron chi connectivity index (χ0n) is 15.3. The SMILES string of the molecule is CC1(C)CCc2cc(CN(C(=O)CCl)C3CCn4nnnc4C3)ccc21. The summed E-state index contributed by atoms with van der Waals surface area (Å²) in [6, 6.07) is 6.76. The van der Waals surface area contributed by atoms with E-state index < -0.39 is 0 Å². The third-order valence-corrected chi connectivity index (χ3v) is 6.07. The number of fused-ring (bicyclic) bond motifs is 2. The van der Waals surface area contributed by atoms with Crippen LogP contribution in [0.2, 0.25) is 0 Å². The summed E-state index contributed by atoms with van der Waals surface area (Å²) in [6.07, 6.45) is 3.81. The standard InChI is InChI=1S/C19H24ClN5O/c1-19(2)7-5-14-9-13(3-4-16(14)19)12-24(18(26)11-20)15-6-8-25-17(10-15)21-22-23-25/h3-4,9,15H,5-8,10-12H2,1-2H3. The fourth-order valence-electron chi connectivity index (χ4n) is 4.28. The number of nitrogens with zero attached hydrogens (tertiary/aromatic N) is 5. The first-order chi connectivity index (χ1) is 12.5. The Bertz CT molecular complexity index is 831. The second-order valence-electron chi connectivity index (χ2n) is 8.00. The molecule has 1 amide bonds. The molecular formula is C19H24ClN5O. The number of tetrazole rings is 1. The average Bonchev–Trinajstić information content (AvgIpc) is 3.22. The fourth-order valence-corrected chi connectivity index (χ4v) is 4.44. The van der Waals surface area contributed by atoms with E-state index in [2.05, 4.69) is 47.6 Å². The van der Waals surface area contributed by atoms with E-state index in [0.717, 1.165) is 25.2 Å². The number of carbonyl (C=O) groups is 1. The van der Waals surface area contributed by atoms with Crippen molar-refractivity contribution >= 4 is 17.5 Å². The fraction of sp³-hybridized carbons (Fsp3) is 0.579. The summed E-state index contributed by atoms with van der Waals surface area (Å²) in [4.78, 5) is 14.4. The van der Waals surface area contributed by atoms with Crippen LogP contribution in [0.5, 0.6) is 0 Å². The van der Waals surface area contributed by atoms with Gasteiger partial charge in [-0.3, -0.25) is 4.79 Å². The van der Waals surface area contributed by atoms with Crippen molar-refractivity contribution in [2.45, 2.75) is 64.1 Å². The van der Waals surface area contributed by atoms with Crippen LogP contribution in [0.4, 0.5) is 0 Å². The van der Waals surface area contributed by atoms with Crippen LogP contribution in [0, 0.1) is 0 Å². The predicted molar refractivity (Wildman–Crippen MR) is 99.0 cm³/mol. The van der Waals surface area contributed by atoms with Crippen molar-refractivity contribution in [2.24, 2.45) is 0 Å². The molecule has 0 spiro atoms. The maximum Gasteiger partial charge on any atom is 0.238 e. The van der Waals surface area contributed by atoms with Crippen molar-refractivity contribution in [1.82, 2.24) is 25.1 Å².